The quantitative estimate of drug-likeness (QED) is 0.849. The van der Waals surface area contributed by atoms with Crippen molar-refractivity contribution in [2.75, 3.05) is 5.32 Å². The Kier molecular flexibility index (Phi) is 4.13. The van der Waals surface area contributed by atoms with Gasteiger partial charge >= 0.3 is 6.18 Å². The number of rotatable bonds is 3. The second kappa shape index (κ2) is 5.69. The predicted molar refractivity (Wildman–Crippen MR) is 71.6 cm³/mol. The van der Waals surface area contributed by atoms with Crippen molar-refractivity contribution in [3.8, 4) is 0 Å². The maximum absolute atomic E-state index is 13.0. The standard InChI is InChI=1S/C14H13F4N3/c1-8-4-10(7-20-13(8)6-19)21-12-3-2-9(15)5-11(12)14(16,17)18/h2-5,7,21H,6,19H2,1H3. The summed E-state index contributed by atoms with van der Waals surface area (Å²) in [5, 5.41) is 2.61. The average molecular weight is 299 g/mol. The molecule has 3 nitrogen and oxygen atoms in total. The van der Waals surface area contributed by atoms with Crippen LogP contribution in [-0.2, 0) is 12.7 Å². The first-order chi connectivity index (χ1) is 9.81. The van der Waals surface area contributed by atoms with Crippen LogP contribution in [0.15, 0.2) is 30.5 Å². The Balaban J connectivity index is 2.38. The number of hydrogen-bond acceptors (Lipinski definition) is 3. The number of pyridine rings is 1. The zero-order valence-corrected chi connectivity index (χ0v) is 11.1. The first-order valence-corrected chi connectivity index (χ1v) is 6.10. The molecule has 0 unspecified atom stereocenters. The van der Waals surface area contributed by atoms with Crippen molar-refractivity contribution >= 4 is 11.4 Å². The van der Waals surface area contributed by atoms with Crippen LogP contribution in [0.25, 0.3) is 0 Å². The van der Waals surface area contributed by atoms with E-state index in [4.69, 9.17) is 5.73 Å². The van der Waals surface area contributed by atoms with Crippen LogP contribution < -0.4 is 11.1 Å². The van der Waals surface area contributed by atoms with Gasteiger partial charge in [0.1, 0.15) is 5.82 Å². The molecule has 0 aliphatic rings. The third-order valence-corrected chi connectivity index (χ3v) is 2.95. The highest BCUT2D eigenvalue weighted by Gasteiger charge is 2.34. The molecular weight excluding hydrogens is 286 g/mol. The summed E-state index contributed by atoms with van der Waals surface area (Å²) < 4.78 is 51.7. The highest BCUT2D eigenvalue weighted by molar-refractivity contribution is 5.64. The van der Waals surface area contributed by atoms with Gasteiger partial charge in [0.25, 0.3) is 0 Å². The smallest absolute Gasteiger partial charge is 0.354 e. The normalized spacial score (nSPS) is 11.5. The molecule has 3 N–H and O–H groups in total. The minimum absolute atomic E-state index is 0.231. The Morgan fingerprint density at radius 3 is 2.52 bits per heavy atom. The first-order valence-electron chi connectivity index (χ1n) is 6.10. The zero-order chi connectivity index (χ0) is 15.6. The van der Waals surface area contributed by atoms with Gasteiger partial charge < -0.3 is 11.1 Å². The van der Waals surface area contributed by atoms with Crippen molar-refractivity contribution in [2.24, 2.45) is 5.73 Å². The van der Waals surface area contributed by atoms with Crippen molar-refractivity contribution < 1.29 is 17.6 Å². The number of nitrogens with zero attached hydrogens (tertiary/aromatic N) is 1. The van der Waals surface area contributed by atoms with Gasteiger partial charge in [-0.15, -0.1) is 0 Å². The molecule has 1 heterocycles. The second-order valence-electron chi connectivity index (χ2n) is 4.50. The fourth-order valence-corrected chi connectivity index (χ4v) is 1.90. The lowest BCUT2D eigenvalue weighted by Gasteiger charge is -2.15. The maximum atomic E-state index is 13.0. The average Bonchev–Trinajstić information content (AvgIpc) is 2.40. The van der Waals surface area contributed by atoms with Crippen LogP contribution in [0.1, 0.15) is 16.8 Å². The number of nitrogens with two attached hydrogens (primary N) is 1. The molecule has 0 aliphatic carbocycles. The van der Waals surface area contributed by atoms with Crippen LogP contribution in [0.3, 0.4) is 0 Å². The van der Waals surface area contributed by atoms with Crippen LogP contribution in [-0.4, -0.2) is 4.98 Å². The Morgan fingerprint density at radius 1 is 1.24 bits per heavy atom. The molecule has 0 fully saturated rings. The molecular formula is C14H13F4N3. The Hall–Kier alpha value is -2.15. The predicted octanol–water partition coefficient (Wildman–Crippen LogP) is 3.75. The van der Waals surface area contributed by atoms with E-state index in [-0.39, 0.29) is 12.2 Å². The van der Waals surface area contributed by atoms with Crippen LogP contribution in [0.2, 0.25) is 0 Å². The molecule has 0 aliphatic heterocycles. The number of halogens is 4. The number of anilines is 2. The monoisotopic (exact) mass is 299 g/mol. The third-order valence-electron chi connectivity index (χ3n) is 2.95. The lowest BCUT2D eigenvalue weighted by atomic mass is 10.1. The molecule has 2 aromatic rings. The second-order valence-corrected chi connectivity index (χ2v) is 4.50. The third kappa shape index (κ3) is 3.49. The van der Waals surface area contributed by atoms with Gasteiger partial charge in [-0.1, -0.05) is 0 Å². The molecule has 0 spiro atoms. The summed E-state index contributed by atoms with van der Waals surface area (Å²) in [5.41, 5.74) is 5.98. The summed E-state index contributed by atoms with van der Waals surface area (Å²) in [7, 11) is 0. The fraction of sp³-hybridized carbons (Fsp3) is 0.214. The first kappa shape index (κ1) is 15.2. The maximum Gasteiger partial charge on any atom is 0.418 e. The van der Waals surface area contributed by atoms with Gasteiger partial charge in [-0.2, -0.15) is 13.2 Å². The van der Waals surface area contributed by atoms with E-state index in [2.05, 4.69) is 10.3 Å². The zero-order valence-electron chi connectivity index (χ0n) is 11.1. The van der Waals surface area contributed by atoms with E-state index < -0.39 is 17.6 Å². The van der Waals surface area contributed by atoms with Crippen molar-refractivity contribution in [1.29, 1.82) is 0 Å². The number of nitrogens with one attached hydrogen (secondary N) is 1. The summed E-state index contributed by atoms with van der Waals surface area (Å²) in [4.78, 5) is 4.06. The van der Waals surface area contributed by atoms with Crippen LogP contribution in [0.5, 0.6) is 0 Å². The van der Waals surface area contributed by atoms with Crippen molar-refractivity contribution in [2.45, 2.75) is 19.6 Å². The molecule has 0 radical (unpaired) electrons. The molecule has 0 atom stereocenters. The molecule has 0 saturated heterocycles. The van der Waals surface area contributed by atoms with E-state index >= 15 is 0 Å². The number of benzene rings is 1. The van der Waals surface area contributed by atoms with E-state index in [1.807, 2.05) is 0 Å². The van der Waals surface area contributed by atoms with E-state index in [9.17, 15) is 17.6 Å². The Labute approximate surface area is 118 Å². The fourth-order valence-electron chi connectivity index (χ4n) is 1.90. The Morgan fingerprint density at radius 2 is 1.95 bits per heavy atom. The largest absolute Gasteiger partial charge is 0.418 e. The van der Waals surface area contributed by atoms with Crippen molar-refractivity contribution in [1.82, 2.24) is 4.98 Å². The molecule has 1 aromatic carbocycles. The van der Waals surface area contributed by atoms with Crippen molar-refractivity contribution in [3.05, 3.63) is 53.1 Å². The highest BCUT2D eigenvalue weighted by Crippen LogP contribution is 2.36. The summed E-state index contributed by atoms with van der Waals surface area (Å²) in [6.07, 6.45) is -3.26. The molecule has 2 rings (SSSR count). The van der Waals surface area contributed by atoms with Crippen LogP contribution in [0, 0.1) is 12.7 Å². The molecule has 112 valence electrons. The minimum Gasteiger partial charge on any atom is -0.354 e. The number of aryl methyl sites for hydroxylation is 1. The van der Waals surface area contributed by atoms with Gasteiger partial charge in [-0.25, -0.2) is 4.39 Å². The lowest BCUT2D eigenvalue weighted by Crippen LogP contribution is -2.10. The number of hydrogen-bond donors (Lipinski definition) is 2. The van der Waals surface area contributed by atoms with Crippen molar-refractivity contribution in [3.63, 3.8) is 0 Å². The summed E-state index contributed by atoms with van der Waals surface area (Å²) in [6.45, 7) is 2.01. The minimum atomic E-state index is -4.65. The molecule has 1 aromatic heterocycles. The summed E-state index contributed by atoms with van der Waals surface area (Å²) in [5.74, 6) is -0.944. The lowest BCUT2D eigenvalue weighted by molar-refractivity contribution is -0.137. The van der Waals surface area contributed by atoms with E-state index in [1.165, 1.54) is 6.20 Å². The van der Waals surface area contributed by atoms with Gasteiger partial charge in [0.2, 0.25) is 0 Å². The van der Waals surface area contributed by atoms with Crippen LogP contribution >= 0.6 is 0 Å². The molecule has 21 heavy (non-hydrogen) atoms. The van der Waals surface area contributed by atoms with Gasteiger partial charge in [-0.3, -0.25) is 4.98 Å². The van der Waals surface area contributed by atoms with Gasteiger partial charge in [-0.05, 0) is 36.8 Å². The van der Waals surface area contributed by atoms with Gasteiger partial charge in [0, 0.05) is 6.54 Å². The highest BCUT2D eigenvalue weighted by atomic mass is 19.4. The number of aromatic nitrogens is 1. The molecule has 0 bridgehead atoms. The SMILES string of the molecule is Cc1cc(Nc2ccc(F)cc2C(F)(F)F)cnc1CN. The van der Waals surface area contributed by atoms with E-state index in [0.29, 0.717) is 17.4 Å². The molecule has 0 saturated carbocycles. The number of alkyl halides is 3. The van der Waals surface area contributed by atoms with Crippen LogP contribution in [0.4, 0.5) is 28.9 Å². The molecule has 0 amide bonds. The Bertz CT molecular complexity index is 653. The van der Waals surface area contributed by atoms with Gasteiger partial charge in [0.05, 0.1) is 28.8 Å². The van der Waals surface area contributed by atoms with Gasteiger partial charge in [0.15, 0.2) is 0 Å². The van der Waals surface area contributed by atoms with E-state index in [1.54, 1.807) is 13.0 Å². The summed E-state index contributed by atoms with van der Waals surface area (Å²) in [6, 6.07) is 4.10. The topological polar surface area (TPSA) is 50.9 Å². The molecule has 7 heteroatoms. The van der Waals surface area contributed by atoms with E-state index in [0.717, 1.165) is 17.7 Å². The summed E-state index contributed by atoms with van der Waals surface area (Å²) >= 11 is 0.